The maximum Gasteiger partial charge on any atom is 0.261 e. The van der Waals surface area contributed by atoms with E-state index in [0.29, 0.717) is 30.9 Å². The lowest BCUT2D eigenvalue weighted by Gasteiger charge is -2.17. The van der Waals surface area contributed by atoms with Gasteiger partial charge in [0.2, 0.25) is 0 Å². The van der Waals surface area contributed by atoms with Crippen LogP contribution in [-0.4, -0.2) is 46.3 Å². The summed E-state index contributed by atoms with van der Waals surface area (Å²) in [5, 5.41) is 6.33. The molecule has 1 aliphatic heterocycles. The molecule has 0 aliphatic carbocycles. The summed E-state index contributed by atoms with van der Waals surface area (Å²) in [6.07, 6.45) is 6.81. The van der Waals surface area contributed by atoms with Gasteiger partial charge in [0.05, 0.1) is 24.1 Å². The lowest BCUT2D eigenvalue weighted by atomic mass is 9.96. The molecule has 1 saturated heterocycles. The van der Waals surface area contributed by atoms with Crippen LogP contribution in [0.3, 0.4) is 0 Å². The molecule has 0 unspecified atom stereocenters. The van der Waals surface area contributed by atoms with Crippen molar-refractivity contribution in [2.75, 3.05) is 30.3 Å². The van der Waals surface area contributed by atoms with Crippen LogP contribution in [0.25, 0.3) is 28.0 Å². The number of alkyl halides is 2. The van der Waals surface area contributed by atoms with Gasteiger partial charge in [0.25, 0.3) is 11.8 Å². The summed E-state index contributed by atoms with van der Waals surface area (Å²) in [5.41, 5.74) is 7.13. The molecule has 2 N–H and O–H groups in total. The number of rotatable bonds is 9. The molecule has 6 nitrogen and oxygen atoms in total. The van der Waals surface area contributed by atoms with Crippen molar-refractivity contribution >= 4 is 22.9 Å². The highest BCUT2D eigenvalue weighted by Crippen LogP contribution is 2.32. The fraction of sp³-hybridized carbons (Fsp3) is 0.242. The Bertz CT molecular complexity index is 1540. The summed E-state index contributed by atoms with van der Waals surface area (Å²) in [6.45, 7) is 5.07. The monoisotopic (exact) mass is 553 g/mol. The molecule has 1 aliphatic rings. The van der Waals surface area contributed by atoms with Crippen LogP contribution in [0, 0.1) is 0 Å². The number of hydrogen-bond acceptors (Lipinski definition) is 5. The number of allylic oxidation sites excluding steroid dienone is 1. The maximum atomic E-state index is 13.7. The summed E-state index contributed by atoms with van der Waals surface area (Å²) in [7, 11) is 0. The molecule has 1 amide bonds. The van der Waals surface area contributed by atoms with E-state index in [9.17, 15) is 13.6 Å². The van der Waals surface area contributed by atoms with E-state index in [1.807, 2.05) is 80.6 Å². The molecule has 210 valence electrons. The second-order valence-electron chi connectivity index (χ2n) is 10.1. The highest BCUT2D eigenvalue weighted by atomic mass is 19.3. The number of hydrogen-bond donors (Lipinski definition) is 2. The number of nitrogens with one attached hydrogen (secondary N) is 2. The largest absolute Gasteiger partial charge is 0.385 e. The number of benzene rings is 2. The second-order valence-corrected chi connectivity index (χ2v) is 10.1. The first-order valence-corrected chi connectivity index (χ1v) is 13.8. The summed E-state index contributed by atoms with van der Waals surface area (Å²) >= 11 is 0. The van der Waals surface area contributed by atoms with E-state index in [1.165, 1.54) is 0 Å². The van der Waals surface area contributed by atoms with Gasteiger partial charge in [-0.15, -0.1) is 0 Å². The van der Waals surface area contributed by atoms with Crippen LogP contribution < -0.4 is 10.6 Å². The molecule has 0 atom stereocenters. The van der Waals surface area contributed by atoms with Crippen LogP contribution in [0.5, 0.6) is 0 Å². The number of nitrogens with zero attached hydrogens (tertiary/aromatic N) is 3. The van der Waals surface area contributed by atoms with Crippen molar-refractivity contribution in [2.45, 2.75) is 32.7 Å². The topological polar surface area (TPSA) is 70.2 Å². The van der Waals surface area contributed by atoms with Crippen LogP contribution in [-0.2, 0) is 11.3 Å². The Hall–Kier alpha value is -4.43. The van der Waals surface area contributed by atoms with Gasteiger partial charge in [-0.25, -0.2) is 8.78 Å². The third kappa shape index (κ3) is 6.84. The first kappa shape index (κ1) is 28.1. The summed E-state index contributed by atoms with van der Waals surface area (Å²) in [4.78, 5) is 24.1. The molecule has 0 bridgehead atoms. The van der Waals surface area contributed by atoms with Crippen LogP contribution >= 0.6 is 0 Å². The van der Waals surface area contributed by atoms with E-state index in [1.54, 1.807) is 29.6 Å². The summed E-state index contributed by atoms with van der Waals surface area (Å²) in [5.74, 6) is -2.88. The van der Waals surface area contributed by atoms with E-state index >= 15 is 0 Å². The highest BCUT2D eigenvalue weighted by molar-refractivity contribution is 6.26. The van der Waals surface area contributed by atoms with Gasteiger partial charge < -0.3 is 10.6 Å². The van der Waals surface area contributed by atoms with Crippen molar-refractivity contribution in [2.24, 2.45) is 0 Å². The first-order valence-electron chi connectivity index (χ1n) is 13.8. The molecule has 2 aromatic carbocycles. The van der Waals surface area contributed by atoms with Crippen LogP contribution in [0.4, 0.5) is 20.2 Å². The van der Waals surface area contributed by atoms with Crippen molar-refractivity contribution in [3.05, 3.63) is 103 Å². The molecule has 0 radical (unpaired) electrons. The van der Waals surface area contributed by atoms with Crippen molar-refractivity contribution < 1.29 is 13.6 Å². The van der Waals surface area contributed by atoms with Crippen molar-refractivity contribution in [3.63, 3.8) is 0 Å². The predicted octanol–water partition coefficient (Wildman–Crippen LogP) is 7.13. The number of pyridine rings is 2. The number of likely N-dealkylation sites (tertiary alicyclic amines) is 1. The Morgan fingerprint density at radius 1 is 1.00 bits per heavy atom. The molecule has 0 spiro atoms. The molecule has 3 heterocycles. The smallest absolute Gasteiger partial charge is 0.261 e. The SMILES string of the molecule is CC=C(C(=O)Nc1ccc(-c2ccccc2)nc1)c1cc(-c2cncc(CN3CCC(F)(F)C3)c2)ccc1NCC. The number of halogens is 2. The Morgan fingerprint density at radius 2 is 1.83 bits per heavy atom. The minimum atomic E-state index is -2.63. The maximum absolute atomic E-state index is 13.7. The number of carbonyl (C=O) groups excluding carboxylic acids is 1. The Balaban J connectivity index is 1.37. The van der Waals surface area contributed by atoms with Gasteiger partial charge in [-0.3, -0.25) is 19.7 Å². The molecule has 5 rings (SSSR count). The van der Waals surface area contributed by atoms with Crippen LogP contribution in [0.1, 0.15) is 31.4 Å². The molecule has 4 aromatic rings. The van der Waals surface area contributed by atoms with Crippen molar-refractivity contribution in [1.29, 1.82) is 0 Å². The van der Waals surface area contributed by atoms with Crippen LogP contribution in [0.2, 0.25) is 0 Å². The number of anilines is 2. The Labute approximate surface area is 239 Å². The average Bonchev–Trinajstić information content (AvgIpc) is 3.33. The van der Waals surface area contributed by atoms with Gasteiger partial charge in [0, 0.05) is 66.4 Å². The van der Waals surface area contributed by atoms with Gasteiger partial charge in [-0.2, -0.15) is 0 Å². The number of carbonyl (C=O) groups is 1. The lowest BCUT2D eigenvalue weighted by Crippen LogP contribution is -2.24. The fourth-order valence-electron chi connectivity index (χ4n) is 5.08. The first-order chi connectivity index (χ1) is 19.8. The van der Waals surface area contributed by atoms with Gasteiger partial charge in [0.1, 0.15) is 0 Å². The minimum absolute atomic E-state index is 0.114. The normalized spacial score (nSPS) is 15.1. The Kier molecular flexibility index (Phi) is 8.50. The predicted molar refractivity (Wildman–Crippen MR) is 161 cm³/mol. The molecule has 41 heavy (non-hydrogen) atoms. The molecule has 1 fully saturated rings. The highest BCUT2D eigenvalue weighted by Gasteiger charge is 2.37. The zero-order valence-electron chi connectivity index (χ0n) is 23.2. The third-order valence-electron chi connectivity index (χ3n) is 7.08. The van der Waals surface area contributed by atoms with Crippen molar-refractivity contribution in [1.82, 2.24) is 14.9 Å². The second kappa shape index (κ2) is 12.4. The van der Waals surface area contributed by atoms with E-state index in [4.69, 9.17) is 0 Å². The standard InChI is InChI=1S/C33H33F2N5O/c1-3-28(32(41)39-27-11-13-30(38-20-27)24-8-6-5-7-9-24)29-17-25(10-12-31(29)37-4-2)26-16-23(18-36-19-26)21-40-15-14-33(34,35)22-40/h3,5-13,16-20,37H,4,14-15,21-22H2,1-2H3,(H,39,41). The fourth-order valence-corrected chi connectivity index (χ4v) is 5.08. The van der Waals surface area contributed by atoms with E-state index in [-0.39, 0.29) is 18.9 Å². The summed E-state index contributed by atoms with van der Waals surface area (Å²) < 4.78 is 27.4. The zero-order chi connectivity index (χ0) is 28.8. The quantitative estimate of drug-likeness (QED) is 0.216. The number of aromatic nitrogens is 2. The van der Waals surface area contributed by atoms with Gasteiger partial charge >= 0.3 is 0 Å². The third-order valence-corrected chi connectivity index (χ3v) is 7.08. The van der Waals surface area contributed by atoms with E-state index in [2.05, 4.69) is 20.6 Å². The minimum Gasteiger partial charge on any atom is -0.385 e. The molecular weight excluding hydrogens is 520 g/mol. The molecule has 8 heteroatoms. The van der Waals surface area contributed by atoms with Gasteiger partial charge in [-0.1, -0.05) is 42.5 Å². The van der Waals surface area contributed by atoms with E-state index < -0.39 is 5.92 Å². The van der Waals surface area contributed by atoms with E-state index in [0.717, 1.165) is 39.2 Å². The van der Waals surface area contributed by atoms with Gasteiger partial charge in [-0.05, 0) is 55.3 Å². The van der Waals surface area contributed by atoms with Crippen LogP contribution in [0.15, 0.2) is 91.4 Å². The number of amides is 1. The zero-order valence-corrected chi connectivity index (χ0v) is 23.2. The lowest BCUT2D eigenvalue weighted by molar-refractivity contribution is -0.111. The molecule has 2 aromatic heterocycles. The summed E-state index contributed by atoms with van der Waals surface area (Å²) in [6, 6.07) is 21.5. The Morgan fingerprint density at radius 3 is 2.51 bits per heavy atom. The van der Waals surface area contributed by atoms with Gasteiger partial charge in [0.15, 0.2) is 0 Å². The molecular formula is C33H33F2N5O. The molecule has 0 saturated carbocycles. The average molecular weight is 554 g/mol. The van der Waals surface area contributed by atoms with Crippen molar-refractivity contribution in [3.8, 4) is 22.4 Å².